The van der Waals surface area contributed by atoms with Crippen LogP contribution in [0.1, 0.15) is 22.9 Å². The average molecular weight is 334 g/mol. The van der Waals surface area contributed by atoms with Gasteiger partial charge in [0.2, 0.25) is 6.79 Å². The molecule has 0 saturated heterocycles. The van der Waals surface area contributed by atoms with Crippen LogP contribution in [0.15, 0.2) is 54.7 Å². The quantitative estimate of drug-likeness (QED) is 0.780. The van der Waals surface area contributed by atoms with Crippen molar-refractivity contribution in [2.45, 2.75) is 12.6 Å². The third-order valence-electron chi connectivity index (χ3n) is 4.86. The molecule has 1 N–H and O–H groups in total. The summed E-state index contributed by atoms with van der Waals surface area (Å²) in [4.78, 5) is 0. The van der Waals surface area contributed by atoms with Crippen LogP contribution in [-0.2, 0) is 6.54 Å². The minimum absolute atomic E-state index is 0.102. The Labute approximate surface area is 145 Å². The normalized spacial score (nSPS) is 17.6. The molecule has 3 heterocycles. The van der Waals surface area contributed by atoms with Crippen molar-refractivity contribution in [1.29, 1.82) is 0 Å². The Morgan fingerprint density at radius 1 is 1.08 bits per heavy atom. The molecule has 2 aliphatic heterocycles. The molecule has 0 bridgehead atoms. The minimum atomic E-state index is 0.102. The highest BCUT2D eigenvalue weighted by Crippen LogP contribution is 2.39. The van der Waals surface area contributed by atoms with Crippen LogP contribution in [-0.4, -0.2) is 18.5 Å². The van der Waals surface area contributed by atoms with E-state index < -0.39 is 0 Å². The summed E-state index contributed by atoms with van der Waals surface area (Å²) in [5.41, 5.74) is 4.72. The van der Waals surface area contributed by atoms with E-state index in [2.05, 4.69) is 52.5 Å². The van der Waals surface area contributed by atoms with Gasteiger partial charge >= 0.3 is 0 Å². The molecule has 5 rings (SSSR count). The fourth-order valence-electron chi connectivity index (χ4n) is 3.59. The van der Waals surface area contributed by atoms with Crippen LogP contribution >= 0.6 is 0 Å². The second kappa shape index (κ2) is 5.57. The number of nitrogens with zero attached hydrogens (tertiary/aromatic N) is 1. The summed E-state index contributed by atoms with van der Waals surface area (Å²) < 4.78 is 18.6. The molecule has 0 radical (unpaired) electrons. The van der Waals surface area contributed by atoms with E-state index in [1.54, 1.807) is 7.11 Å². The van der Waals surface area contributed by atoms with Gasteiger partial charge in [0.15, 0.2) is 11.5 Å². The lowest BCUT2D eigenvalue weighted by molar-refractivity contribution is 0.174. The van der Waals surface area contributed by atoms with E-state index in [4.69, 9.17) is 14.2 Å². The second-order valence-electron chi connectivity index (χ2n) is 6.22. The molecule has 126 valence electrons. The maximum atomic E-state index is 5.56. The van der Waals surface area contributed by atoms with Crippen LogP contribution < -0.4 is 19.5 Å². The largest absolute Gasteiger partial charge is 0.497 e. The molecule has 2 aliphatic rings. The van der Waals surface area contributed by atoms with Crippen LogP contribution in [0, 0.1) is 0 Å². The fourth-order valence-corrected chi connectivity index (χ4v) is 3.59. The predicted molar refractivity (Wildman–Crippen MR) is 93.6 cm³/mol. The van der Waals surface area contributed by atoms with Gasteiger partial charge in [-0.2, -0.15) is 0 Å². The van der Waals surface area contributed by atoms with Gasteiger partial charge in [-0.3, -0.25) is 0 Å². The molecule has 3 aromatic rings. The van der Waals surface area contributed by atoms with Gasteiger partial charge in [0.25, 0.3) is 0 Å². The molecule has 0 aliphatic carbocycles. The third-order valence-corrected chi connectivity index (χ3v) is 4.86. The fraction of sp³-hybridized carbons (Fsp3) is 0.200. The molecule has 25 heavy (non-hydrogen) atoms. The number of ether oxygens (including phenoxy) is 3. The number of hydrogen-bond donors (Lipinski definition) is 1. The van der Waals surface area contributed by atoms with Crippen molar-refractivity contribution in [2.24, 2.45) is 0 Å². The lowest BCUT2D eigenvalue weighted by Crippen LogP contribution is -2.21. The Hall–Kier alpha value is -2.92. The molecule has 0 fully saturated rings. The average Bonchev–Trinajstić information content (AvgIpc) is 3.28. The van der Waals surface area contributed by atoms with E-state index in [1.807, 2.05) is 12.1 Å². The van der Waals surface area contributed by atoms with E-state index in [0.717, 1.165) is 29.5 Å². The van der Waals surface area contributed by atoms with E-state index in [0.29, 0.717) is 6.79 Å². The lowest BCUT2D eigenvalue weighted by atomic mass is 10.0. The van der Waals surface area contributed by atoms with Crippen LogP contribution in [0.3, 0.4) is 0 Å². The van der Waals surface area contributed by atoms with Crippen LogP contribution in [0.4, 0.5) is 0 Å². The zero-order chi connectivity index (χ0) is 16.8. The molecule has 1 unspecified atom stereocenters. The summed E-state index contributed by atoms with van der Waals surface area (Å²) in [6.45, 7) is 1.04. The molecule has 0 amide bonds. The van der Waals surface area contributed by atoms with Gasteiger partial charge < -0.3 is 24.1 Å². The first-order valence-electron chi connectivity index (χ1n) is 8.31. The topological polar surface area (TPSA) is 44.7 Å². The van der Waals surface area contributed by atoms with Crippen molar-refractivity contribution in [1.82, 2.24) is 9.88 Å². The Morgan fingerprint density at radius 2 is 1.88 bits per heavy atom. The zero-order valence-electron chi connectivity index (χ0n) is 13.9. The standard InChI is InChI=1S/C20H18N2O3/c1-23-15-6-4-13(5-7-15)20-16-3-2-8-22(16)17-10-19-18(24-12-25-19)9-14(17)11-21-20/h2-10,20-21H,11-12H2,1H3. The molecule has 1 atom stereocenters. The van der Waals surface area contributed by atoms with Crippen molar-refractivity contribution in [2.75, 3.05) is 13.9 Å². The van der Waals surface area contributed by atoms with Crippen molar-refractivity contribution >= 4 is 0 Å². The summed E-state index contributed by atoms with van der Waals surface area (Å²) in [5.74, 6) is 2.49. The highest BCUT2D eigenvalue weighted by atomic mass is 16.7. The van der Waals surface area contributed by atoms with E-state index in [1.165, 1.54) is 16.8 Å². The first kappa shape index (κ1) is 14.4. The first-order chi connectivity index (χ1) is 12.3. The molecule has 0 spiro atoms. The summed E-state index contributed by atoms with van der Waals surface area (Å²) >= 11 is 0. The predicted octanol–water partition coefficient (Wildman–Crippen LogP) is 3.41. The van der Waals surface area contributed by atoms with Crippen LogP contribution in [0.2, 0.25) is 0 Å². The maximum absolute atomic E-state index is 5.56. The number of benzene rings is 2. The Balaban J connectivity index is 1.61. The SMILES string of the molecule is COc1ccc(C2NCc3cc4c(cc3-n3cccc32)OCO4)cc1. The Morgan fingerprint density at radius 3 is 2.68 bits per heavy atom. The summed E-state index contributed by atoms with van der Waals surface area (Å²) in [6, 6.07) is 16.7. The van der Waals surface area contributed by atoms with Gasteiger partial charge in [0, 0.05) is 24.5 Å². The van der Waals surface area contributed by atoms with Gasteiger partial charge in [-0.05, 0) is 41.5 Å². The van der Waals surface area contributed by atoms with Crippen LogP contribution in [0.25, 0.3) is 5.69 Å². The minimum Gasteiger partial charge on any atom is -0.497 e. The summed E-state index contributed by atoms with van der Waals surface area (Å²) in [5, 5.41) is 3.67. The number of nitrogens with one attached hydrogen (secondary N) is 1. The third kappa shape index (κ3) is 2.27. The van der Waals surface area contributed by atoms with Gasteiger partial charge in [0.1, 0.15) is 5.75 Å². The molecule has 5 heteroatoms. The number of aromatic nitrogens is 1. The highest BCUT2D eigenvalue weighted by Gasteiger charge is 2.25. The first-order valence-corrected chi connectivity index (χ1v) is 8.31. The van der Waals surface area contributed by atoms with Gasteiger partial charge in [-0.1, -0.05) is 12.1 Å². The Kier molecular flexibility index (Phi) is 3.21. The maximum Gasteiger partial charge on any atom is 0.231 e. The Bertz CT molecular complexity index is 931. The van der Waals surface area contributed by atoms with Gasteiger partial charge in [-0.15, -0.1) is 0 Å². The second-order valence-corrected chi connectivity index (χ2v) is 6.22. The van der Waals surface area contributed by atoms with Crippen molar-refractivity contribution in [3.05, 3.63) is 71.5 Å². The van der Waals surface area contributed by atoms with Gasteiger partial charge in [-0.25, -0.2) is 0 Å². The highest BCUT2D eigenvalue weighted by molar-refractivity contribution is 5.57. The van der Waals surface area contributed by atoms with Gasteiger partial charge in [0.05, 0.1) is 18.8 Å². The van der Waals surface area contributed by atoms with Crippen molar-refractivity contribution in [3.63, 3.8) is 0 Å². The smallest absolute Gasteiger partial charge is 0.231 e. The number of hydrogen-bond acceptors (Lipinski definition) is 4. The zero-order valence-corrected chi connectivity index (χ0v) is 13.9. The molecular weight excluding hydrogens is 316 g/mol. The summed E-state index contributed by atoms with van der Waals surface area (Å²) in [7, 11) is 1.68. The molecule has 5 nitrogen and oxygen atoms in total. The summed E-state index contributed by atoms with van der Waals surface area (Å²) in [6.07, 6.45) is 2.10. The number of fused-ring (bicyclic) bond motifs is 4. The number of rotatable bonds is 2. The molecule has 0 saturated carbocycles. The lowest BCUT2D eigenvalue weighted by Gasteiger charge is -2.18. The monoisotopic (exact) mass is 334 g/mol. The van der Waals surface area contributed by atoms with E-state index in [9.17, 15) is 0 Å². The van der Waals surface area contributed by atoms with Crippen LogP contribution in [0.5, 0.6) is 17.2 Å². The van der Waals surface area contributed by atoms with E-state index in [-0.39, 0.29) is 6.04 Å². The molecule has 1 aromatic heterocycles. The molecule has 2 aromatic carbocycles. The number of methoxy groups -OCH3 is 1. The molecular formula is C20H18N2O3. The van der Waals surface area contributed by atoms with Crippen molar-refractivity contribution < 1.29 is 14.2 Å². The van der Waals surface area contributed by atoms with E-state index >= 15 is 0 Å². The van der Waals surface area contributed by atoms with Crippen molar-refractivity contribution in [3.8, 4) is 22.9 Å².